The van der Waals surface area contributed by atoms with Crippen LogP contribution >= 0.6 is 11.6 Å². The van der Waals surface area contributed by atoms with E-state index in [1.54, 1.807) is 12.1 Å². The van der Waals surface area contributed by atoms with Gasteiger partial charge in [-0.3, -0.25) is 0 Å². The number of rotatable bonds is 5. The maximum absolute atomic E-state index is 10.8. The zero-order valence-electron chi connectivity index (χ0n) is 16.5. The van der Waals surface area contributed by atoms with Crippen LogP contribution in [0.5, 0.6) is 11.5 Å². The molecular weight excluding hydrogens is 377 g/mol. The minimum absolute atomic E-state index is 0. The van der Waals surface area contributed by atoms with Gasteiger partial charge < -0.3 is 20.9 Å². The van der Waals surface area contributed by atoms with Gasteiger partial charge in [-0.05, 0) is 30.2 Å². The Bertz CT molecular complexity index is 1050. The number of hydrogen-bond donors (Lipinski definition) is 1. The van der Waals surface area contributed by atoms with Crippen molar-refractivity contribution in [2.45, 2.75) is 6.42 Å². The molecule has 9 heteroatoms. The molecule has 140 valence electrons. The third-order valence-corrected chi connectivity index (χ3v) is 4.68. The Morgan fingerprint density at radius 1 is 1.29 bits per heavy atom. The van der Waals surface area contributed by atoms with Crippen LogP contribution < -0.4 is 33.2 Å². The molecule has 2 aromatic carbocycles. The van der Waals surface area contributed by atoms with Gasteiger partial charge in [-0.1, -0.05) is 17.7 Å². The standard InChI is InChI=1S/C19H16ClN3O4.Li.H/c1-26-16-7-13-14(8-17(16)27-9-18(24)25)21-10-22-19(13)23-5-4-11-2-3-12(20)6-15(11)23;;/h2-3,6-8,10H,4-5,9H2,1H3,(H,24,25);;/q;+1;-1. The summed E-state index contributed by atoms with van der Waals surface area (Å²) in [5.74, 6) is 0.419. The van der Waals surface area contributed by atoms with Crippen LogP contribution in [-0.4, -0.2) is 41.3 Å². The van der Waals surface area contributed by atoms with Gasteiger partial charge in [0, 0.05) is 28.7 Å². The molecule has 0 bridgehead atoms. The van der Waals surface area contributed by atoms with E-state index in [0.717, 1.165) is 29.9 Å². The Hall–Kier alpha value is -2.46. The summed E-state index contributed by atoms with van der Waals surface area (Å²) >= 11 is 6.18. The molecule has 0 atom stereocenters. The first-order valence-corrected chi connectivity index (χ1v) is 8.68. The number of ether oxygens (including phenoxy) is 2. The molecule has 0 fully saturated rings. The molecule has 28 heavy (non-hydrogen) atoms. The van der Waals surface area contributed by atoms with Crippen molar-refractivity contribution >= 4 is 40.0 Å². The van der Waals surface area contributed by atoms with Gasteiger partial charge in [0.25, 0.3) is 0 Å². The van der Waals surface area contributed by atoms with E-state index in [4.69, 9.17) is 26.2 Å². The number of aromatic nitrogens is 2. The molecule has 0 unspecified atom stereocenters. The SMILES string of the molecule is COc1cc2c(N3CCc4ccc(Cl)cc43)ncnc2cc1OCC(=O)O.[H-].[Li+]. The average molecular weight is 394 g/mol. The number of hydrogen-bond acceptors (Lipinski definition) is 6. The van der Waals surface area contributed by atoms with Crippen molar-refractivity contribution in [2.75, 3.05) is 25.2 Å². The fourth-order valence-electron chi connectivity index (χ4n) is 3.25. The number of aliphatic carboxylic acids is 1. The van der Waals surface area contributed by atoms with Crippen LogP contribution in [-0.2, 0) is 11.2 Å². The van der Waals surface area contributed by atoms with Crippen LogP contribution in [0.2, 0.25) is 5.02 Å². The van der Waals surface area contributed by atoms with Gasteiger partial charge in [-0.25, -0.2) is 14.8 Å². The maximum atomic E-state index is 10.8. The van der Waals surface area contributed by atoms with E-state index in [2.05, 4.69) is 14.9 Å². The van der Waals surface area contributed by atoms with Crippen molar-refractivity contribution in [3.63, 3.8) is 0 Å². The normalized spacial score (nSPS) is 12.4. The summed E-state index contributed by atoms with van der Waals surface area (Å²) in [5.41, 5.74) is 2.86. The van der Waals surface area contributed by atoms with Crippen molar-refractivity contribution in [3.8, 4) is 11.5 Å². The molecule has 1 aliphatic rings. The van der Waals surface area contributed by atoms with Gasteiger partial charge in [0.15, 0.2) is 18.1 Å². The van der Waals surface area contributed by atoms with Gasteiger partial charge in [0.2, 0.25) is 0 Å². The van der Waals surface area contributed by atoms with Gasteiger partial charge in [-0.15, -0.1) is 0 Å². The van der Waals surface area contributed by atoms with Crippen molar-refractivity contribution in [1.29, 1.82) is 0 Å². The smallest absolute Gasteiger partial charge is 1.00 e. The Morgan fingerprint density at radius 3 is 2.86 bits per heavy atom. The van der Waals surface area contributed by atoms with Crippen molar-refractivity contribution < 1.29 is 39.7 Å². The molecule has 4 rings (SSSR count). The molecular formula is C19H17ClLiN3O4. The summed E-state index contributed by atoms with van der Waals surface area (Å²) in [6.07, 6.45) is 2.38. The Balaban J connectivity index is 0.00000150. The van der Waals surface area contributed by atoms with E-state index in [0.29, 0.717) is 22.0 Å². The van der Waals surface area contributed by atoms with E-state index >= 15 is 0 Å². The second kappa shape index (κ2) is 8.27. The molecule has 0 spiro atoms. The largest absolute Gasteiger partial charge is 1.00 e. The number of halogens is 1. The molecule has 3 aromatic rings. The first kappa shape index (κ1) is 20.3. The van der Waals surface area contributed by atoms with Crippen LogP contribution in [0.3, 0.4) is 0 Å². The van der Waals surface area contributed by atoms with E-state index in [9.17, 15) is 4.79 Å². The van der Waals surface area contributed by atoms with E-state index in [-0.39, 0.29) is 20.3 Å². The number of anilines is 2. The minimum Gasteiger partial charge on any atom is -1.00 e. The predicted molar refractivity (Wildman–Crippen MR) is 102 cm³/mol. The molecule has 0 radical (unpaired) electrons. The van der Waals surface area contributed by atoms with Gasteiger partial charge in [-0.2, -0.15) is 0 Å². The molecule has 1 aliphatic heterocycles. The molecule has 0 saturated heterocycles. The number of methoxy groups -OCH3 is 1. The number of carbonyl (C=O) groups is 1. The van der Waals surface area contributed by atoms with E-state index in [1.807, 2.05) is 18.2 Å². The number of nitrogens with zero attached hydrogens (tertiary/aromatic N) is 3. The Kier molecular flexibility index (Phi) is 5.99. The summed E-state index contributed by atoms with van der Waals surface area (Å²) in [6, 6.07) is 9.28. The molecule has 1 aromatic heterocycles. The molecule has 2 heterocycles. The number of carboxylic acid groups (broad SMARTS) is 1. The monoisotopic (exact) mass is 393 g/mol. The number of fused-ring (bicyclic) bond motifs is 2. The average Bonchev–Trinajstić information content (AvgIpc) is 3.07. The van der Waals surface area contributed by atoms with E-state index < -0.39 is 12.6 Å². The first-order chi connectivity index (χ1) is 13.1. The van der Waals surface area contributed by atoms with Gasteiger partial charge >= 0.3 is 24.8 Å². The first-order valence-electron chi connectivity index (χ1n) is 8.30. The van der Waals surface area contributed by atoms with Crippen LogP contribution in [0.15, 0.2) is 36.7 Å². The number of carboxylic acids is 1. The summed E-state index contributed by atoms with van der Waals surface area (Å²) in [6.45, 7) is 0.319. The number of benzene rings is 2. The van der Waals surface area contributed by atoms with Crippen LogP contribution in [0, 0.1) is 0 Å². The third kappa shape index (κ3) is 3.74. The topological polar surface area (TPSA) is 84.8 Å². The van der Waals surface area contributed by atoms with Crippen LogP contribution in [0.4, 0.5) is 11.5 Å². The minimum atomic E-state index is -1.06. The Morgan fingerprint density at radius 2 is 2.11 bits per heavy atom. The summed E-state index contributed by atoms with van der Waals surface area (Å²) in [7, 11) is 1.50. The van der Waals surface area contributed by atoms with Gasteiger partial charge in [0.1, 0.15) is 12.1 Å². The maximum Gasteiger partial charge on any atom is 1.00 e. The van der Waals surface area contributed by atoms with Crippen LogP contribution in [0.25, 0.3) is 10.9 Å². The van der Waals surface area contributed by atoms with Crippen molar-refractivity contribution in [1.82, 2.24) is 9.97 Å². The van der Waals surface area contributed by atoms with Crippen molar-refractivity contribution in [3.05, 3.63) is 47.2 Å². The summed E-state index contributed by atoms with van der Waals surface area (Å²) in [4.78, 5) is 21.7. The van der Waals surface area contributed by atoms with Gasteiger partial charge in [0.05, 0.1) is 12.6 Å². The Labute approximate surface area is 179 Å². The fraction of sp³-hybridized carbons (Fsp3) is 0.211. The second-order valence-electron chi connectivity index (χ2n) is 6.07. The molecule has 0 amide bonds. The van der Waals surface area contributed by atoms with Crippen molar-refractivity contribution in [2.24, 2.45) is 0 Å². The summed E-state index contributed by atoms with van der Waals surface area (Å²) in [5, 5.41) is 10.3. The molecule has 0 saturated carbocycles. The third-order valence-electron chi connectivity index (χ3n) is 4.45. The second-order valence-corrected chi connectivity index (χ2v) is 6.51. The van der Waals surface area contributed by atoms with E-state index in [1.165, 1.54) is 19.0 Å². The zero-order chi connectivity index (χ0) is 19.0. The predicted octanol–water partition coefficient (Wildman–Crippen LogP) is 0.566. The molecule has 0 aliphatic carbocycles. The quantitative estimate of drug-likeness (QED) is 0.634. The molecule has 7 nitrogen and oxygen atoms in total. The zero-order valence-corrected chi connectivity index (χ0v) is 16.2. The summed E-state index contributed by atoms with van der Waals surface area (Å²) < 4.78 is 10.7. The van der Waals surface area contributed by atoms with Crippen LogP contribution in [0.1, 0.15) is 6.99 Å². The molecule has 1 N–H and O–H groups in total. The fourth-order valence-corrected chi connectivity index (χ4v) is 3.42.